The molecule has 1 aliphatic rings. The van der Waals surface area contributed by atoms with E-state index in [9.17, 15) is 5.11 Å². The van der Waals surface area contributed by atoms with Gasteiger partial charge in [0.05, 0.1) is 6.10 Å². The van der Waals surface area contributed by atoms with Crippen molar-refractivity contribution in [1.82, 2.24) is 4.57 Å². The van der Waals surface area contributed by atoms with Gasteiger partial charge < -0.3 is 9.67 Å². The van der Waals surface area contributed by atoms with Gasteiger partial charge in [-0.25, -0.2) is 0 Å². The highest BCUT2D eigenvalue weighted by atomic mass is 16.3. The van der Waals surface area contributed by atoms with Gasteiger partial charge in [0.25, 0.3) is 0 Å². The van der Waals surface area contributed by atoms with E-state index in [2.05, 4.69) is 44.5 Å². The summed E-state index contributed by atoms with van der Waals surface area (Å²) < 4.78 is 2.35. The van der Waals surface area contributed by atoms with Gasteiger partial charge in [0.2, 0.25) is 0 Å². The highest BCUT2D eigenvalue weighted by Crippen LogP contribution is 2.41. The van der Waals surface area contributed by atoms with Crippen molar-refractivity contribution in [3.8, 4) is 0 Å². The first-order valence-corrected chi connectivity index (χ1v) is 6.32. The van der Waals surface area contributed by atoms with Crippen LogP contribution in [0.25, 0.3) is 0 Å². The molecule has 90 valence electrons. The van der Waals surface area contributed by atoms with E-state index < -0.39 is 0 Å². The number of aliphatic hydroxyl groups excluding tert-OH is 1. The Morgan fingerprint density at radius 3 is 2.88 bits per heavy atom. The molecule has 2 unspecified atom stereocenters. The summed E-state index contributed by atoms with van der Waals surface area (Å²) in [4.78, 5) is 0. The van der Waals surface area contributed by atoms with Crippen molar-refractivity contribution in [2.45, 2.75) is 59.1 Å². The lowest BCUT2D eigenvalue weighted by Crippen LogP contribution is -2.27. The molecule has 1 aliphatic carbocycles. The average molecular weight is 221 g/mol. The second-order valence-corrected chi connectivity index (χ2v) is 5.94. The molecule has 1 N–H and O–H groups in total. The predicted octanol–water partition coefficient (Wildman–Crippen LogP) is 3.46. The molecule has 2 nitrogen and oxygen atoms in total. The van der Waals surface area contributed by atoms with Gasteiger partial charge in [-0.1, -0.05) is 20.8 Å². The van der Waals surface area contributed by atoms with Crippen molar-refractivity contribution in [2.75, 3.05) is 0 Å². The quantitative estimate of drug-likeness (QED) is 0.812. The predicted molar refractivity (Wildman–Crippen MR) is 66.5 cm³/mol. The monoisotopic (exact) mass is 221 g/mol. The van der Waals surface area contributed by atoms with Gasteiger partial charge in [-0.2, -0.15) is 0 Å². The van der Waals surface area contributed by atoms with Gasteiger partial charge in [0.15, 0.2) is 0 Å². The van der Waals surface area contributed by atoms with E-state index in [-0.39, 0.29) is 11.5 Å². The van der Waals surface area contributed by atoms with Gasteiger partial charge in [-0.15, -0.1) is 0 Å². The number of rotatable bonds is 2. The van der Waals surface area contributed by atoms with E-state index in [1.54, 1.807) is 0 Å². The molecule has 16 heavy (non-hydrogen) atoms. The highest BCUT2D eigenvalue weighted by molar-refractivity contribution is 5.29. The fraction of sp³-hybridized carbons (Fsp3) is 0.714. The van der Waals surface area contributed by atoms with Gasteiger partial charge in [-0.3, -0.25) is 0 Å². The van der Waals surface area contributed by atoms with Crippen LogP contribution in [0.2, 0.25) is 0 Å². The molecule has 0 bridgehead atoms. The molecule has 0 radical (unpaired) electrons. The zero-order valence-electron chi connectivity index (χ0n) is 10.8. The summed E-state index contributed by atoms with van der Waals surface area (Å²) in [6.07, 6.45) is 4.96. The number of hydrogen-bond acceptors (Lipinski definition) is 1. The SMILES string of the molecule is CCC(C)n1ccc2c1CC(C)(C)CC2O. The molecule has 1 aromatic heterocycles. The van der Waals surface area contributed by atoms with Crippen molar-refractivity contribution < 1.29 is 5.11 Å². The van der Waals surface area contributed by atoms with Crippen LogP contribution in [0.4, 0.5) is 0 Å². The smallest absolute Gasteiger partial charge is 0.0812 e. The van der Waals surface area contributed by atoms with E-state index in [0.29, 0.717) is 6.04 Å². The maximum absolute atomic E-state index is 10.2. The van der Waals surface area contributed by atoms with Crippen LogP contribution in [-0.2, 0) is 6.42 Å². The van der Waals surface area contributed by atoms with Crippen LogP contribution in [0.15, 0.2) is 12.3 Å². The van der Waals surface area contributed by atoms with Crippen LogP contribution in [0.1, 0.15) is 63.9 Å². The Balaban J connectivity index is 2.41. The minimum atomic E-state index is -0.274. The van der Waals surface area contributed by atoms with Gasteiger partial charge in [0.1, 0.15) is 0 Å². The van der Waals surface area contributed by atoms with E-state index >= 15 is 0 Å². The summed E-state index contributed by atoms with van der Waals surface area (Å²) in [5.74, 6) is 0. The average Bonchev–Trinajstić information content (AvgIpc) is 2.58. The fourth-order valence-electron chi connectivity index (χ4n) is 2.76. The molecule has 0 amide bonds. The first-order chi connectivity index (χ1) is 7.44. The third-order valence-corrected chi connectivity index (χ3v) is 3.88. The first-order valence-electron chi connectivity index (χ1n) is 6.32. The molecule has 0 fully saturated rings. The Morgan fingerprint density at radius 2 is 2.25 bits per heavy atom. The molecule has 1 heterocycles. The molecule has 0 saturated heterocycles. The first kappa shape index (κ1) is 11.7. The molecule has 0 aliphatic heterocycles. The summed E-state index contributed by atoms with van der Waals surface area (Å²) in [6, 6.07) is 2.63. The lowest BCUT2D eigenvalue weighted by molar-refractivity contribution is 0.0975. The minimum absolute atomic E-state index is 0.218. The van der Waals surface area contributed by atoms with Crippen LogP contribution in [0.3, 0.4) is 0 Å². The van der Waals surface area contributed by atoms with Gasteiger partial charge in [0, 0.05) is 23.5 Å². The van der Waals surface area contributed by atoms with E-state index in [4.69, 9.17) is 0 Å². The van der Waals surface area contributed by atoms with E-state index in [0.717, 1.165) is 24.8 Å². The van der Waals surface area contributed by atoms with Crippen molar-refractivity contribution >= 4 is 0 Å². The summed E-state index contributed by atoms with van der Waals surface area (Å²) in [5, 5.41) is 10.2. The van der Waals surface area contributed by atoms with Crippen molar-refractivity contribution in [1.29, 1.82) is 0 Å². The lowest BCUT2D eigenvalue weighted by Gasteiger charge is -2.34. The minimum Gasteiger partial charge on any atom is -0.388 e. The van der Waals surface area contributed by atoms with Crippen LogP contribution in [-0.4, -0.2) is 9.67 Å². The van der Waals surface area contributed by atoms with E-state index in [1.807, 2.05) is 0 Å². The Kier molecular flexibility index (Phi) is 2.87. The van der Waals surface area contributed by atoms with Crippen molar-refractivity contribution in [2.24, 2.45) is 5.41 Å². The molecule has 0 aromatic carbocycles. The Bertz CT molecular complexity index is 378. The molecule has 2 rings (SSSR count). The van der Waals surface area contributed by atoms with Crippen LogP contribution >= 0.6 is 0 Å². The molecule has 0 spiro atoms. The molecule has 2 atom stereocenters. The summed E-state index contributed by atoms with van der Waals surface area (Å²) in [7, 11) is 0. The molecule has 2 heteroatoms. The number of nitrogens with zero attached hydrogens (tertiary/aromatic N) is 1. The molecular formula is C14H23NO. The normalized spacial score (nSPS) is 25.2. The Labute approximate surface area is 98.3 Å². The second kappa shape index (κ2) is 3.92. The van der Waals surface area contributed by atoms with Crippen LogP contribution in [0, 0.1) is 5.41 Å². The Hall–Kier alpha value is -0.760. The maximum Gasteiger partial charge on any atom is 0.0812 e. The van der Waals surface area contributed by atoms with Crippen molar-refractivity contribution in [3.05, 3.63) is 23.5 Å². The summed E-state index contributed by atoms with van der Waals surface area (Å²) >= 11 is 0. The Morgan fingerprint density at radius 1 is 1.56 bits per heavy atom. The van der Waals surface area contributed by atoms with Crippen molar-refractivity contribution in [3.63, 3.8) is 0 Å². The number of aromatic nitrogens is 1. The van der Waals surface area contributed by atoms with Crippen LogP contribution in [0.5, 0.6) is 0 Å². The summed E-state index contributed by atoms with van der Waals surface area (Å²) in [5.41, 5.74) is 2.72. The molecule has 0 saturated carbocycles. The maximum atomic E-state index is 10.2. The molecular weight excluding hydrogens is 198 g/mol. The number of hydrogen-bond donors (Lipinski definition) is 1. The topological polar surface area (TPSA) is 25.2 Å². The van der Waals surface area contributed by atoms with Gasteiger partial charge >= 0.3 is 0 Å². The lowest BCUT2D eigenvalue weighted by atomic mass is 9.75. The largest absolute Gasteiger partial charge is 0.388 e. The third-order valence-electron chi connectivity index (χ3n) is 3.88. The van der Waals surface area contributed by atoms with Gasteiger partial charge in [-0.05, 0) is 37.7 Å². The highest BCUT2D eigenvalue weighted by Gasteiger charge is 2.33. The number of aliphatic hydroxyl groups is 1. The second-order valence-electron chi connectivity index (χ2n) is 5.94. The van der Waals surface area contributed by atoms with E-state index in [1.165, 1.54) is 5.69 Å². The standard InChI is InChI=1S/C14H23NO/c1-5-10(2)15-7-6-11-12(15)8-14(3,4)9-13(11)16/h6-7,10,13,16H,5,8-9H2,1-4H3. The zero-order chi connectivity index (χ0) is 11.9. The zero-order valence-corrected chi connectivity index (χ0v) is 10.8. The van der Waals surface area contributed by atoms with Crippen LogP contribution < -0.4 is 0 Å². The fourth-order valence-corrected chi connectivity index (χ4v) is 2.76. The third kappa shape index (κ3) is 1.91. The summed E-state index contributed by atoms with van der Waals surface area (Å²) in [6.45, 7) is 8.94. The molecule has 1 aromatic rings. The number of fused-ring (bicyclic) bond motifs is 1.